The van der Waals surface area contributed by atoms with Crippen molar-refractivity contribution in [3.05, 3.63) is 0 Å². The van der Waals surface area contributed by atoms with Crippen LogP contribution in [0.4, 0.5) is 4.79 Å². The number of rotatable bonds is 2. The molecule has 2 heterocycles. The Balaban J connectivity index is 2.00. The molecule has 3 N–H and O–H groups in total. The SMILES string of the molecule is NC(=O)N(N1CCCC1)N1CCNCC1. The van der Waals surface area contributed by atoms with Crippen LogP contribution in [0.3, 0.4) is 0 Å². The van der Waals surface area contributed by atoms with Crippen LogP contribution in [0, 0.1) is 0 Å². The summed E-state index contributed by atoms with van der Waals surface area (Å²) in [6.45, 7) is 5.40. The third-order valence-electron chi connectivity index (χ3n) is 2.91. The highest BCUT2D eigenvalue weighted by atomic mass is 16.2. The second kappa shape index (κ2) is 4.78. The van der Waals surface area contributed by atoms with E-state index in [1.165, 1.54) is 0 Å². The lowest BCUT2D eigenvalue weighted by Crippen LogP contribution is -2.61. The Morgan fingerprint density at radius 1 is 1.07 bits per heavy atom. The number of piperazine rings is 1. The highest BCUT2D eigenvalue weighted by Crippen LogP contribution is 2.13. The molecule has 0 aromatic heterocycles. The van der Waals surface area contributed by atoms with Crippen LogP contribution in [0.5, 0.6) is 0 Å². The molecule has 15 heavy (non-hydrogen) atoms. The summed E-state index contributed by atoms with van der Waals surface area (Å²) >= 11 is 0. The van der Waals surface area contributed by atoms with Crippen LogP contribution < -0.4 is 11.1 Å². The number of hydrogen-bond donors (Lipinski definition) is 2. The average molecular weight is 213 g/mol. The van der Waals surface area contributed by atoms with Crippen LogP contribution in [0.1, 0.15) is 12.8 Å². The molecule has 0 unspecified atom stereocenters. The Bertz CT molecular complexity index is 223. The minimum atomic E-state index is -0.362. The van der Waals surface area contributed by atoms with Gasteiger partial charge >= 0.3 is 6.03 Å². The summed E-state index contributed by atoms with van der Waals surface area (Å²) in [7, 11) is 0. The van der Waals surface area contributed by atoms with Gasteiger partial charge in [0.15, 0.2) is 0 Å². The number of nitrogens with two attached hydrogens (primary N) is 1. The second-order valence-electron chi connectivity index (χ2n) is 3.99. The molecule has 0 spiro atoms. The van der Waals surface area contributed by atoms with Gasteiger partial charge in [-0.1, -0.05) is 0 Å². The lowest BCUT2D eigenvalue weighted by Gasteiger charge is -2.40. The number of hydrogen-bond acceptors (Lipinski definition) is 4. The smallest absolute Gasteiger partial charge is 0.344 e. The molecule has 2 rings (SSSR count). The zero-order valence-corrected chi connectivity index (χ0v) is 8.98. The fourth-order valence-corrected chi connectivity index (χ4v) is 2.19. The summed E-state index contributed by atoms with van der Waals surface area (Å²) in [5.74, 6) is 0. The van der Waals surface area contributed by atoms with E-state index in [1.807, 2.05) is 10.0 Å². The van der Waals surface area contributed by atoms with E-state index in [2.05, 4.69) is 5.32 Å². The lowest BCUT2D eigenvalue weighted by atomic mass is 10.4. The van der Waals surface area contributed by atoms with Gasteiger partial charge in [0.05, 0.1) is 0 Å². The number of nitrogens with one attached hydrogen (secondary N) is 1. The predicted octanol–water partition coefficient (Wildman–Crippen LogP) is -0.802. The van der Waals surface area contributed by atoms with Gasteiger partial charge in [-0.2, -0.15) is 10.1 Å². The second-order valence-corrected chi connectivity index (χ2v) is 3.99. The zero-order valence-electron chi connectivity index (χ0n) is 8.98. The van der Waals surface area contributed by atoms with E-state index in [0.29, 0.717) is 0 Å². The first-order valence-electron chi connectivity index (χ1n) is 5.59. The molecule has 2 aliphatic heterocycles. The van der Waals surface area contributed by atoms with Crippen molar-refractivity contribution in [2.75, 3.05) is 39.3 Å². The van der Waals surface area contributed by atoms with E-state index < -0.39 is 0 Å². The molecule has 2 amide bonds. The lowest BCUT2D eigenvalue weighted by molar-refractivity contribution is -0.133. The van der Waals surface area contributed by atoms with Crippen LogP contribution in [0.25, 0.3) is 0 Å². The van der Waals surface area contributed by atoms with Gasteiger partial charge in [0, 0.05) is 39.3 Å². The van der Waals surface area contributed by atoms with E-state index in [0.717, 1.165) is 52.1 Å². The molecule has 0 aliphatic carbocycles. The summed E-state index contributed by atoms with van der Waals surface area (Å²) in [5.41, 5.74) is 5.43. The van der Waals surface area contributed by atoms with Crippen molar-refractivity contribution < 1.29 is 4.79 Å². The van der Waals surface area contributed by atoms with Crippen molar-refractivity contribution in [2.45, 2.75) is 12.8 Å². The number of hydrazine groups is 2. The summed E-state index contributed by atoms with van der Waals surface area (Å²) < 4.78 is 0. The van der Waals surface area contributed by atoms with E-state index in [9.17, 15) is 4.79 Å². The van der Waals surface area contributed by atoms with Gasteiger partial charge in [0.2, 0.25) is 0 Å². The third-order valence-corrected chi connectivity index (χ3v) is 2.91. The van der Waals surface area contributed by atoms with Gasteiger partial charge in [0.1, 0.15) is 0 Å². The number of carbonyl (C=O) groups is 1. The Morgan fingerprint density at radius 3 is 2.13 bits per heavy atom. The van der Waals surface area contributed by atoms with E-state index in [-0.39, 0.29) is 6.03 Å². The quantitative estimate of drug-likeness (QED) is 0.630. The first-order valence-corrected chi connectivity index (χ1v) is 5.59. The van der Waals surface area contributed by atoms with Crippen LogP contribution >= 0.6 is 0 Å². The van der Waals surface area contributed by atoms with Crippen LogP contribution in [0.2, 0.25) is 0 Å². The number of carbonyl (C=O) groups excluding carboxylic acids is 1. The molecule has 0 saturated carbocycles. The van der Waals surface area contributed by atoms with Crippen LogP contribution in [-0.4, -0.2) is 60.4 Å². The molecular formula is C9H19N5O. The zero-order chi connectivity index (χ0) is 10.7. The van der Waals surface area contributed by atoms with Gasteiger partial charge in [-0.25, -0.2) is 9.80 Å². The molecule has 0 bridgehead atoms. The van der Waals surface area contributed by atoms with Crippen molar-refractivity contribution in [2.24, 2.45) is 5.73 Å². The minimum Gasteiger partial charge on any atom is -0.349 e. The Kier molecular flexibility index (Phi) is 3.40. The number of primary amides is 1. The highest BCUT2D eigenvalue weighted by molar-refractivity contribution is 5.70. The van der Waals surface area contributed by atoms with Crippen molar-refractivity contribution in [1.29, 1.82) is 0 Å². The van der Waals surface area contributed by atoms with Crippen LogP contribution in [-0.2, 0) is 0 Å². The Labute approximate surface area is 89.9 Å². The molecule has 86 valence electrons. The van der Waals surface area contributed by atoms with Crippen molar-refractivity contribution >= 4 is 6.03 Å². The molecule has 0 aromatic rings. The normalized spacial score (nSPS) is 24.3. The first-order chi connectivity index (χ1) is 7.29. The summed E-state index contributed by atoms with van der Waals surface area (Å²) in [4.78, 5) is 11.4. The van der Waals surface area contributed by atoms with E-state index in [4.69, 9.17) is 5.73 Å². The number of nitrogens with zero attached hydrogens (tertiary/aromatic N) is 3. The fraction of sp³-hybridized carbons (Fsp3) is 0.889. The molecule has 0 atom stereocenters. The van der Waals surface area contributed by atoms with Crippen LogP contribution in [0.15, 0.2) is 0 Å². The van der Waals surface area contributed by atoms with Gasteiger partial charge in [-0.15, -0.1) is 0 Å². The monoisotopic (exact) mass is 213 g/mol. The highest BCUT2D eigenvalue weighted by Gasteiger charge is 2.28. The Morgan fingerprint density at radius 2 is 1.60 bits per heavy atom. The summed E-state index contributed by atoms with van der Waals surface area (Å²) in [6.07, 6.45) is 2.30. The minimum absolute atomic E-state index is 0.362. The maximum absolute atomic E-state index is 11.4. The molecule has 0 aromatic carbocycles. The van der Waals surface area contributed by atoms with Crippen molar-refractivity contribution in [3.8, 4) is 0 Å². The maximum atomic E-state index is 11.4. The molecule has 6 heteroatoms. The molecule has 2 saturated heterocycles. The van der Waals surface area contributed by atoms with E-state index in [1.54, 1.807) is 5.12 Å². The first kappa shape index (κ1) is 10.7. The topological polar surface area (TPSA) is 64.8 Å². The third kappa shape index (κ3) is 2.39. The van der Waals surface area contributed by atoms with Crippen molar-refractivity contribution in [1.82, 2.24) is 20.5 Å². The number of urea groups is 1. The van der Waals surface area contributed by atoms with Gasteiger partial charge in [-0.05, 0) is 12.8 Å². The van der Waals surface area contributed by atoms with Gasteiger partial charge < -0.3 is 11.1 Å². The van der Waals surface area contributed by atoms with Crippen molar-refractivity contribution in [3.63, 3.8) is 0 Å². The molecule has 0 radical (unpaired) electrons. The summed E-state index contributed by atoms with van der Waals surface area (Å²) in [5, 5.41) is 8.97. The fourth-order valence-electron chi connectivity index (χ4n) is 2.19. The standard InChI is InChI=1S/C9H19N5O/c10-9(15)14(12-5-1-2-6-12)13-7-3-11-4-8-13/h11H,1-8H2,(H2,10,15). The average Bonchev–Trinajstić information content (AvgIpc) is 2.72. The number of amides is 2. The maximum Gasteiger partial charge on any atom is 0.344 e. The van der Waals surface area contributed by atoms with Gasteiger partial charge in [-0.3, -0.25) is 0 Å². The van der Waals surface area contributed by atoms with Gasteiger partial charge in [0.25, 0.3) is 0 Å². The largest absolute Gasteiger partial charge is 0.349 e. The summed E-state index contributed by atoms with van der Waals surface area (Å²) in [6, 6.07) is -0.362. The molecule has 6 nitrogen and oxygen atoms in total. The molecular weight excluding hydrogens is 194 g/mol. The van der Waals surface area contributed by atoms with E-state index >= 15 is 0 Å². The molecule has 2 aliphatic rings. The Hall–Kier alpha value is -0.850. The predicted molar refractivity (Wildman–Crippen MR) is 56.7 cm³/mol. The molecule has 2 fully saturated rings.